The number of nitrogens with zero attached hydrogens (tertiary/aromatic N) is 1. The Kier molecular flexibility index (Phi) is 3.12. The molecule has 0 aromatic carbocycles. The first kappa shape index (κ1) is 11.2. The zero-order valence-electron chi connectivity index (χ0n) is 10.2. The number of rotatable bonds is 4. The van der Waals surface area contributed by atoms with Crippen LogP contribution in [-0.2, 0) is 6.42 Å². The van der Waals surface area contributed by atoms with Crippen LogP contribution in [0.15, 0.2) is 24.4 Å². The minimum atomic E-state index is 0.415. The summed E-state index contributed by atoms with van der Waals surface area (Å²) in [6.45, 7) is 0. The Morgan fingerprint density at radius 2 is 2.06 bits per heavy atom. The van der Waals surface area contributed by atoms with Crippen molar-refractivity contribution < 1.29 is 0 Å². The molecule has 0 spiro atoms. The Morgan fingerprint density at radius 1 is 1.29 bits per heavy atom. The molecule has 1 heterocycles. The third-order valence-corrected chi connectivity index (χ3v) is 4.56. The van der Waals surface area contributed by atoms with Crippen molar-refractivity contribution in [3.05, 3.63) is 30.1 Å². The van der Waals surface area contributed by atoms with Crippen molar-refractivity contribution in [2.75, 3.05) is 0 Å². The third kappa shape index (κ3) is 2.22. The Morgan fingerprint density at radius 3 is 2.65 bits per heavy atom. The summed E-state index contributed by atoms with van der Waals surface area (Å²) in [6, 6.07) is 6.52. The summed E-state index contributed by atoms with van der Waals surface area (Å²) in [5, 5.41) is 0. The smallest absolute Gasteiger partial charge is 0.0419 e. The summed E-state index contributed by atoms with van der Waals surface area (Å²) in [5.41, 5.74) is 4.18. The van der Waals surface area contributed by atoms with E-state index in [1.807, 2.05) is 12.3 Å². The maximum absolute atomic E-state index is 5.74. The van der Waals surface area contributed by atoms with Crippen molar-refractivity contribution in [2.24, 2.45) is 23.6 Å². The number of fused-ring (bicyclic) bond motifs is 1. The second-order valence-corrected chi connectivity index (χ2v) is 5.49. The molecule has 1 aromatic heterocycles. The summed E-state index contributed by atoms with van der Waals surface area (Å²) in [6.07, 6.45) is 8.49. The molecule has 2 aliphatic rings. The molecule has 3 unspecified atom stereocenters. The lowest BCUT2D eigenvalue weighted by atomic mass is 10.0. The Bertz CT molecular complexity index is 353. The first-order valence-electron chi connectivity index (χ1n) is 6.76. The zero-order valence-corrected chi connectivity index (χ0v) is 10.2. The highest BCUT2D eigenvalue weighted by molar-refractivity contribution is 5.10. The van der Waals surface area contributed by atoms with Gasteiger partial charge in [-0.15, -0.1) is 0 Å². The molecule has 0 saturated heterocycles. The second-order valence-electron chi connectivity index (χ2n) is 5.49. The first-order valence-corrected chi connectivity index (χ1v) is 6.76. The molecular weight excluding hydrogens is 210 g/mol. The van der Waals surface area contributed by atoms with Gasteiger partial charge in [0.2, 0.25) is 0 Å². The predicted molar refractivity (Wildman–Crippen MR) is 68.0 cm³/mol. The molecule has 0 amide bonds. The molecule has 92 valence electrons. The van der Waals surface area contributed by atoms with Gasteiger partial charge in [0.05, 0.1) is 0 Å². The molecular formula is C14H21N3. The van der Waals surface area contributed by atoms with E-state index in [4.69, 9.17) is 5.84 Å². The largest absolute Gasteiger partial charge is 0.271 e. The molecule has 3 rings (SSSR count). The third-order valence-electron chi connectivity index (χ3n) is 4.56. The van der Waals surface area contributed by atoms with Gasteiger partial charge >= 0.3 is 0 Å². The van der Waals surface area contributed by atoms with Crippen LogP contribution in [0.25, 0.3) is 0 Å². The van der Waals surface area contributed by atoms with Crippen molar-refractivity contribution in [2.45, 2.75) is 38.1 Å². The first-order chi connectivity index (χ1) is 8.40. The van der Waals surface area contributed by atoms with Crippen LogP contribution in [0.5, 0.6) is 0 Å². The summed E-state index contributed by atoms with van der Waals surface area (Å²) < 4.78 is 0. The molecule has 3 nitrogen and oxygen atoms in total. The van der Waals surface area contributed by atoms with Gasteiger partial charge in [-0.1, -0.05) is 18.9 Å². The lowest BCUT2D eigenvalue weighted by Crippen LogP contribution is -2.39. The number of nitrogens with one attached hydrogen (secondary N) is 1. The standard InChI is InChI=1S/C14H21N3/c15-17-13(9-10-5-3-4-8-16-10)14-11-6-1-2-7-12(11)14/h3-5,8,11-14,17H,1-2,6-7,9,15H2. The van der Waals surface area contributed by atoms with E-state index in [1.54, 1.807) is 0 Å². The van der Waals surface area contributed by atoms with Crippen LogP contribution in [0.4, 0.5) is 0 Å². The van der Waals surface area contributed by atoms with E-state index in [0.717, 1.165) is 29.9 Å². The summed E-state index contributed by atoms with van der Waals surface area (Å²) in [7, 11) is 0. The van der Waals surface area contributed by atoms with Gasteiger partial charge in [0.25, 0.3) is 0 Å². The van der Waals surface area contributed by atoms with E-state index in [2.05, 4.69) is 22.5 Å². The maximum Gasteiger partial charge on any atom is 0.0419 e. The van der Waals surface area contributed by atoms with Gasteiger partial charge in [0.15, 0.2) is 0 Å². The van der Waals surface area contributed by atoms with E-state index >= 15 is 0 Å². The van der Waals surface area contributed by atoms with Crippen molar-refractivity contribution in [1.29, 1.82) is 0 Å². The number of pyridine rings is 1. The molecule has 0 radical (unpaired) electrons. The highest BCUT2D eigenvalue weighted by Gasteiger charge is 2.53. The highest BCUT2D eigenvalue weighted by Crippen LogP contribution is 2.57. The van der Waals surface area contributed by atoms with Crippen LogP contribution in [0, 0.1) is 17.8 Å². The van der Waals surface area contributed by atoms with Crippen LogP contribution < -0.4 is 11.3 Å². The van der Waals surface area contributed by atoms with Crippen LogP contribution in [-0.4, -0.2) is 11.0 Å². The molecule has 0 aliphatic heterocycles. The molecule has 3 heteroatoms. The van der Waals surface area contributed by atoms with Crippen LogP contribution >= 0.6 is 0 Å². The normalized spacial score (nSPS) is 32.9. The predicted octanol–water partition coefficient (Wildman–Crippen LogP) is 1.89. The van der Waals surface area contributed by atoms with Gasteiger partial charge < -0.3 is 0 Å². The summed E-state index contributed by atoms with van der Waals surface area (Å²) >= 11 is 0. The maximum atomic E-state index is 5.74. The quantitative estimate of drug-likeness (QED) is 0.614. The van der Waals surface area contributed by atoms with Gasteiger partial charge in [-0.3, -0.25) is 16.3 Å². The zero-order chi connectivity index (χ0) is 11.7. The number of aromatic nitrogens is 1. The van der Waals surface area contributed by atoms with Gasteiger partial charge in [-0.25, -0.2) is 0 Å². The Balaban J connectivity index is 1.64. The monoisotopic (exact) mass is 231 g/mol. The highest BCUT2D eigenvalue weighted by atomic mass is 15.2. The van der Waals surface area contributed by atoms with Crippen molar-refractivity contribution >= 4 is 0 Å². The van der Waals surface area contributed by atoms with E-state index in [1.165, 1.54) is 25.7 Å². The number of hydrogen-bond acceptors (Lipinski definition) is 3. The molecule has 17 heavy (non-hydrogen) atoms. The van der Waals surface area contributed by atoms with Crippen LogP contribution in [0.2, 0.25) is 0 Å². The van der Waals surface area contributed by atoms with E-state index in [-0.39, 0.29) is 0 Å². The van der Waals surface area contributed by atoms with Gasteiger partial charge in [-0.05, 0) is 42.7 Å². The Labute approximate surface area is 103 Å². The van der Waals surface area contributed by atoms with Crippen molar-refractivity contribution in [3.8, 4) is 0 Å². The molecule has 2 aliphatic carbocycles. The van der Waals surface area contributed by atoms with E-state index < -0.39 is 0 Å². The van der Waals surface area contributed by atoms with E-state index in [0.29, 0.717) is 6.04 Å². The minimum Gasteiger partial charge on any atom is -0.271 e. The molecule has 3 atom stereocenters. The molecule has 1 aromatic rings. The Hall–Kier alpha value is -0.930. The average molecular weight is 231 g/mol. The average Bonchev–Trinajstić information content (AvgIpc) is 3.11. The minimum absolute atomic E-state index is 0.415. The van der Waals surface area contributed by atoms with Gasteiger partial charge in [0, 0.05) is 24.4 Å². The van der Waals surface area contributed by atoms with E-state index in [9.17, 15) is 0 Å². The van der Waals surface area contributed by atoms with Gasteiger partial charge in [-0.2, -0.15) is 0 Å². The number of nitrogens with two attached hydrogens (primary N) is 1. The molecule has 2 saturated carbocycles. The fourth-order valence-corrected chi connectivity index (χ4v) is 3.69. The fraction of sp³-hybridized carbons (Fsp3) is 0.643. The molecule has 3 N–H and O–H groups in total. The second kappa shape index (κ2) is 4.75. The van der Waals surface area contributed by atoms with Crippen LogP contribution in [0.3, 0.4) is 0 Å². The molecule has 2 fully saturated rings. The summed E-state index contributed by atoms with van der Waals surface area (Å²) in [4.78, 5) is 4.40. The molecule has 0 bridgehead atoms. The lowest BCUT2D eigenvalue weighted by molar-refractivity contribution is 0.433. The number of hydrazine groups is 1. The number of hydrogen-bond donors (Lipinski definition) is 2. The van der Waals surface area contributed by atoms with Gasteiger partial charge in [0.1, 0.15) is 0 Å². The SMILES string of the molecule is NNC(Cc1ccccn1)C1C2CCCCC21. The van der Waals surface area contributed by atoms with Crippen molar-refractivity contribution in [1.82, 2.24) is 10.4 Å². The summed E-state index contributed by atoms with van der Waals surface area (Å²) in [5.74, 6) is 8.41. The van der Waals surface area contributed by atoms with Crippen LogP contribution in [0.1, 0.15) is 31.4 Å². The topological polar surface area (TPSA) is 50.9 Å². The lowest BCUT2D eigenvalue weighted by Gasteiger charge is -2.15. The van der Waals surface area contributed by atoms with Crippen molar-refractivity contribution in [3.63, 3.8) is 0 Å². The fourth-order valence-electron chi connectivity index (χ4n) is 3.69.